The lowest BCUT2D eigenvalue weighted by molar-refractivity contribution is -0.141. The first kappa shape index (κ1) is 12.9. The normalized spacial score (nSPS) is 31.6. The van der Waals surface area contributed by atoms with E-state index in [2.05, 4.69) is 0 Å². The van der Waals surface area contributed by atoms with E-state index < -0.39 is 11.9 Å². The Kier molecular flexibility index (Phi) is 3.54. The average molecular weight is 254 g/mol. The fourth-order valence-electron chi connectivity index (χ4n) is 2.88. The number of hydrogen-bond donors (Lipinski definition) is 2. The van der Waals surface area contributed by atoms with Gasteiger partial charge in [0, 0.05) is 19.0 Å². The van der Waals surface area contributed by atoms with Crippen LogP contribution in [0.4, 0.5) is 0 Å². The van der Waals surface area contributed by atoms with Crippen molar-refractivity contribution in [2.75, 3.05) is 13.1 Å². The van der Waals surface area contributed by atoms with Gasteiger partial charge in [0.25, 0.3) is 0 Å². The Morgan fingerprint density at radius 2 is 1.72 bits per heavy atom. The van der Waals surface area contributed by atoms with Crippen molar-refractivity contribution < 1.29 is 19.5 Å². The maximum absolute atomic E-state index is 12.2. The van der Waals surface area contributed by atoms with Gasteiger partial charge >= 0.3 is 5.97 Å². The van der Waals surface area contributed by atoms with E-state index in [1.165, 1.54) is 0 Å². The molecule has 3 unspecified atom stereocenters. The smallest absolute Gasteiger partial charge is 0.306 e. The molecule has 0 spiro atoms. The van der Waals surface area contributed by atoms with Crippen LogP contribution >= 0.6 is 0 Å². The Morgan fingerprint density at radius 1 is 1.06 bits per heavy atom. The Labute approximate surface area is 105 Å². The fourth-order valence-corrected chi connectivity index (χ4v) is 2.88. The molecule has 1 aliphatic heterocycles. The highest BCUT2D eigenvalue weighted by molar-refractivity contribution is 5.83. The largest absolute Gasteiger partial charge is 0.481 e. The van der Waals surface area contributed by atoms with Gasteiger partial charge in [0.15, 0.2) is 0 Å². The van der Waals surface area contributed by atoms with Gasteiger partial charge in [-0.2, -0.15) is 0 Å². The number of primary amides is 1. The number of hydrogen-bond acceptors (Lipinski definition) is 3. The molecule has 0 aromatic rings. The lowest BCUT2D eigenvalue weighted by atomic mass is 10.0. The molecule has 0 radical (unpaired) electrons. The van der Waals surface area contributed by atoms with E-state index in [9.17, 15) is 14.4 Å². The predicted molar refractivity (Wildman–Crippen MR) is 62.3 cm³/mol. The number of carbonyl (C=O) groups excluding carboxylic acids is 2. The van der Waals surface area contributed by atoms with Crippen LogP contribution in [-0.2, 0) is 14.4 Å². The van der Waals surface area contributed by atoms with Gasteiger partial charge in [-0.3, -0.25) is 14.4 Å². The molecule has 1 saturated heterocycles. The predicted octanol–water partition coefficient (Wildman–Crippen LogP) is -0.179. The summed E-state index contributed by atoms with van der Waals surface area (Å²) in [5.41, 5.74) is 5.22. The van der Waals surface area contributed by atoms with Crippen molar-refractivity contribution in [1.29, 1.82) is 0 Å². The summed E-state index contributed by atoms with van der Waals surface area (Å²) in [4.78, 5) is 35.7. The van der Waals surface area contributed by atoms with Crippen LogP contribution in [-0.4, -0.2) is 40.9 Å². The standard InChI is InChI=1S/C12H18N2O4/c13-10(15)9-3-4-14(6-9)11(16)7-1-2-8(5-7)12(17)18/h7-9H,1-6H2,(H2,13,15)(H,17,18). The molecular formula is C12H18N2O4. The molecule has 2 fully saturated rings. The summed E-state index contributed by atoms with van der Waals surface area (Å²) in [7, 11) is 0. The molecule has 1 saturated carbocycles. The molecule has 100 valence electrons. The van der Waals surface area contributed by atoms with Crippen LogP contribution in [0.5, 0.6) is 0 Å². The Morgan fingerprint density at radius 3 is 2.22 bits per heavy atom. The topological polar surface area (TPSA) is 101 Å². The van der Waals surface area contributed by atoms with Crippen LogP contribution in [0.25, 0.3) is 0 Å². The number of likely N-dealkylation sites (tertiary alicyclic amines) is 1. The number of nitrogens with two attached hydrogens (primary N) is 1. The number of carboxylic acids is 1. The van der Waals surface area contributed by atoms with Gasteiger partial charge in [0.2, 0.25) is 11.8 Å². The molecule has 2 amide bonds. The van der Waals surface area contributed by atoms with Crippen molar-refractivity contribution in [3.8, 4) is 0 Å². The maximum atomic E-state index is 12.2. The van der Waals surface area contributed by atoms with Crippen LogP contribution in [0.15, 0.2) is 0 Å². The Balaban J connectivity index is 1.90. The summed E-state index contributed by atoms with van der Waals surface area (Å²) in [5.74, 6) is -2.03. The molecule has 3 atom stereocenters. The Bertz CT molecular complexity index is 348. The molecule has 1 heterocycles. The third-order valence-electron chi connectivity index (χ3n) is 4.03. The molecule has 2 aliphatic rings. The number of carboxylic acid groups (broad SMARTS) is 1. The highest BCUT2D eigenvalue weighted by atomic mass is 16.4. The summed E-state index contributed by atoms with van der Waals surface area (Å²) in [6.07, 6.45) is 2.24. The highest BCUT2D eigenvalue weighted by Gasteiger charge is 2.38. The van der Waals surface area contributed by atoms with Crippen LogP contribution in [0.2, 0.25) is 0 Å². The zero-order valence-electron chi connectivity index (χ0n) is 10.2. The minimum atomic E-state index is -0.818. The average Bonchev–Trinajstić information content (AvgIpc) is 2.97. The summed E-state index contributed by atoms with van der Waals surface area (Å²) in [6.45, 7) is 0.948. The maximum Gasteiger partial charge on any atom is 0.306 e. The van der Waals surface area contributed by atoms with Gasteiger partial charge in [-0.25, -0.2) is 0 Å². The molecule has 0 aromatic carbocycles. The second kappa shape index (κ2) is 4.96. The lowest BCUT2D eigenvalue weighted by Crippen LogP contribution is -2.35. The van der Waals surface area contributed by atoms with Gasteiger partial charge in [0.1, 0.15) is 0 Å². The second-order valence-corrected chi connectivity index (χ2v) is 5.22. The van der Waals surface area contributed by atoms with E-state index in [0.717, 1.165) is 0 Å². The van der Waals surface area contributed by atoms with Crippen LogP contribution in [0, 0.1) is 17.8 Å². The first-order valence-electron chi connectivity index (χ1n) is 6.30. The first-order valence-corrected chi connectivity index (χ1v) is 6.30. The highest BCUT2D eigenvalue weighted by Crippen LogP contribution is 2.33. The molecule has 18 heavy (non-hydrogen) atoms. The van der Waals surface area contributed by atoms with E-state index in [0.29, 0.717) is 38.8 Å². The van der Waals surface area contributed by atoms with Gasteiger partial charge in [-0.05, 0) is 25.7 Å². The monoisotopic (exact) mass is 254 g/mol. The van der Waals surface area contributed by atoms with E-state index in [-0.39, 0.29) is 23.7 Å². The first-order chi connectivity index (χ1) is 8.49. The molecule has 6 nitrogen and oxygen atoms in total. The minimum Gasteiger partial charge on any atom is -0.481 e. The van der Waals surface area contributed by atoms with Crippen LogP contribution < -0.4 is 5.73 Å². The second-order valence-electron chi connectivity index (χ2n) is 5.22. The fraction of sp³-hybridized carbons (Fsp3) is 0.750. The molecule has 0 aromatic heterocycles. The Hall–Kier alpha value is -1.59. The van der Waals surface area contributed by atoms with Gasteiger partial charge in [0.05, 0.1) is 11.8 Å². The quantitative estimate of drug-likeness (QED) is 0.729. The van der Waals surface area contributed by atoms with Crippen molar-refractivity contribution >= 4 is 17.8 Å². The zero-order chi connectivity index (χ0) is 13.3. The van der Waals surface area contributed by atoms with Gasteiger partial charge in [-0.1, -0.05) is 0 Å². The molecular weight excluding hydrogens is 236 g/mol. The van der Waals surface area contributed by atoms with Crippen molar-refractivity contribution in [2.45, 2.75) is 25.7 Å². The van der Waals surface area contributed by atoms with Gasteiger partial charge in [-0.15, -0.1) is 0 Å². The van der Waals surface area contributed by atoms with E-state index in [1.807, 2.05) is 0 Å². The summed E-state index contributed by atoms with van der Waals surface area (Å²) in [6, 6.07) is 0. The summed E-state index contributed by atoms with van der Waals surface area (Å²) in [5, 5.41) is 8.91. The number of carbonyl (C=O) groups is 3. The summed E-state index contributed by atoms with van der Waals surface area (Å²) < 4.78 is 0. The van der Waals surface area contributed by atoms with Crippen LogP contribution in [0.1, 0.15) is 25.7 Å². The van der Waals surface area contributed by atoms with Crippen molar-refractivity contribution in [3.63, 3.8) is 0 Å². The van der Waals surface area contributed by atoms with E-state index in [4.69, 9.17) is 10.8 Å². The van der Waals surface area contributed by atoms with Crippen LogP contribution in [0.3, 0.4) is 0 Å². The third-order valence-corrected chi connectivity index (χ3v) is 4.03. The number of aliphatic carboxylic acids is 1. The van der Waals surface area contributed by atoms with E-state index in [1.54, 1.807) is 4.90 Å². The SMILES string of the molecule is NC(=O)C1CCN(C(=O)C2CCC(C(=O)O)C2)C1. The molecule has 3 N–H and O–H groups in total. The number of amides is 2. The van der Waals surface area contributed by atoms with Crippen molar-refractivity contribution in [1.82, 2.24) is 4.90 Å². The minimum absolute atomic E-state index is 0.0116. The zero-order valence-corrected chi connectivity index (χ0v) is 10.2. The molecule has 2 rings (SSSR count). The molecule has 0 bridgehead atoms. The van der Waals surface area contributed by atoms with Crippen molar-refractivity contribution in [2.24, 2.45) is 23.5 Å². The van der Waals surface area contributed by atoms with E-state index >= 15 is 0 Å². The lowest BCUT2D eigenvalue weighted by Gasteiger charge is -2.20. The van der Waals surface area contributed by atoms with Gasteiger partial charge < -0.3 is 15.7 Å². The van der Waals surface area contributed by atoms with Crippen molar-refractivity contribution in [3.05, 3.63) is 0 Å². The molecule has 1 aliphatic carbocycles. The summed E-state index contributed by atoms with van der Waals surface area (Å²) >= 11 is 0. The number of nitrogens with zero attached hydrogens (tertiary/aromatic N) is 1. The molecule has 6 heteroatoms. The number of rotatable bonds is 3. The third kappa shape index (κ3) is 2.47.